The quantitative estimate of drug-likeness (QED) is 0.822. The molecule has 1 aromatic heterocycles. The molecule has 0 saturated carbocycles. The van der Waals surface area contributed by atoms with Crippen LogP contribution in [0.5, 0.6) is 0 Å². The van der Waals surface area contributed by atoms with Gasteiger partial charge in [0.2, 0.25) is 5.91 Å². The van der Waals surface area contributed by atoms with Gasteiger partial charge in [-0.25, -0.2) is 9.78 Å². The molecule has 0 aliphatic heterocycles. The van der Waals surface area contributed by atoms with E-state index in [1.165, 1.54) is 0 Å². The van der Waals surface area contributed by atoms with E-state index < -0.39 is 12.0 Å². The first-order chi connectivity index (χ1) is 10.6. The van der Waals surface area contributed by atoms with E-state index in [1.54, 1.807) is 41.7 Å². The maximum atomic E-state index is 11.9. The molecule has 5 nitrogen and oxygen atoms in total. The smallest absolute Gasteiger partial charge is 0.330 e. The highest BCUT2D eigenvalue weighted by Crippen LogP contribution is 2.14. The van der Waals surface area contributed by atoms with E-state index in [-0.39, 0.29) is 12.3 Å². The number of aliphatic carboxylic acids is 1. The number of carboxylic acid groups (broad SMARTS) is 1. The van der Waals surface area contributed by atoms with Crippen LogP contribution in [0.4, 0.5) is 0 Å². The summed E-state index contributed by atoms with van der Waals surface area (Å²) in [5.41, 5.74) is 1.55. The van der Waals surface area contributed by atoms with Crippen molar-refractivity contribution >= 4 is 23.2 Å². The molecule has 6 heteroatoms. The molecule has 2 N–H and O–H groups in total. The Balaban J connectivity index is 1.85. The number of amides is 1. The Hall–Kier alpha value is -2.21. The molecule has 0 unspecified atom stereocenters. The molecule has 1 heterocycles. The second-order valence-corrected chi connectivity index (χ2v) is 6.02. The zero-order chi connectivity index (χ0) is 15.9. The van der Waals surface area contributed by atoms with E-state index in [4.69, 9.17) is 0 Å². The second-order valence-electron chi connectivity index (χ2n) is 4.96. The van der Waals surface area contributed by atoms with E-state index in [1.807, 2.05) is 12.3 Å². The van der Waals surface area contributed by atoms with Crippen molar-refractivity contribution in [1.29, 1.82) is 0 Å². The molecule has 0 aliphatic rings. The van der Waals surface area contributed by atoms with Crippen molar-refractivity contribution in [2.24, 2.45) is 0 Å². The second kappa shape index (κ2) is 7.70. The minimum absolute atomic E-state index is 0.261. The van der Waals surface area contributed by atoms with Gasteiger partial charge in [0.15, 0.2) is 6.04 Å². The third-order valence-electron chi connectivity index (χ3n) is 3.19. The summed E-state index contributed by atoms with van der Waals surface area (Å²) < 4.78 is 0. The van der Waals surface area contributed by atoms with E-state index in [0.29, 0.717) is 12.0 Å². The Bertz CT molecular complexity index is 640. The fourth-order valence-corrected chi connectivity index (χ4v) is 2.77. The number of nitrogens with one attached hydrogen (secondary N) is 1. The van der Waals surface area contributed by atoms with Gasteiger partial charge in [-0.05, 0) is 25.3 Å². The predicted octanol–water partition coefficient (Wildman–Crippen LogP) is 2.72. The number of benzene rings is 1. The monoisotopic (exact) mass is 318 g/mol. The number of thiazole rings is 1. The maximum absolute atomic E-state index is 11.9. The van der Waals surface area contributed by atoms with Gasteiger partial charge >= 0.3 is 5.97 Å². The zero-order valence-corrected chi connectivity index (χ0v) is 13.1. The number of nitrogens with zero attached hydrogens (tertiary/aromatic N) is 1. The molecule has 0 radical (unpaired) electrons. The predicted molar refractivity (Wildman–Crippen MR) is 84.8 cm³/mol. The van der Waals surface area contributed by atoms with E-state index >= 15 is 0 Å². The van der Waals surface area contributed by atoms with Gasteiger partial charge in [0.05, 0.1) is 10.7 Å². The highest BCUT2D eigenvalue weighted by Gasteiger charge is 2.21. The summed E-state index contributed by atoms with van der Waals surface area (Å²) in [4.78, 5) is 27.6. The largest absolute Gasteiger partial charge is 0.479 e. The minimum Gasteiger partial charge on any atom is -0.479 e. The molecule has 0 saturated heterocycles. The molecular formula is C16H18N2O3S. The van der Waals surface area contributed by atoms with Gasteiger partial charge in [0.1, 0.15) is 0 Å². The lowest BCUT2D eigenvalue weighted by atomic mass is 10.1. The van der Waals surface area contributed by atoms with Gasteiger partial charge < -0.3 is 10.4 Å². The maximum Gasteiger partial charge on any atom is 0.330 e. The lowest BCUT2D eigenvalue weighted by molar-refractivity contribution is -0.142. The average Bonchev–Trinajstić information content (AvgIpc) is 2.91. The fraction of sp³-hybridized carbons (Fsp3) is 0.312. The number of carbonyl (C=O) groups is 2. The van der Waals surface area contributed by atoms with Gasteiger partial charge in [-0.15, -0.1) is 11.3 Å². The molecule has 2 aromatic rings. The van der Waals surface area contributed by atoms with Gasteiger partial charge in [-0.1, -0.05) is 30.3 Å². The molecule has 1 aromatic carbocycles. The van der Waals surface area contributed by atoms with E-state index in [2.05, 4.69) is 10.3 Å². The minimum atomic E-state index is -1.06. The molecular weight excluding hydrogens is 300 g/mol. The molecule has 0 fully saturated rings. The number of hydrogen-bond acceptors (Lipinski definition) is 4. The normalized spacial score (nSPS) is 11.9. The van der Waals surface area contributed by atoms with Crippen molar-refractivity contribution in [3.8, 4) is 0 Å². The van der Waals surface area contributed by atoms with Crippen LogP contribution in [0.15, 0.2) is 35.7 Å². The van der Waals surface area contributed by atoms with Crippen LogP contribution in [0, 0.1) is 6.92 Å². The van der Waals surface area contributed by atoms with Gasteiger partial charge in [-0.2, -0.15) is 0 Å². The molecule has 0 spiro atoms. The lowest BCUT2D eigenvalue weighted by Gasteiger charge is -2.14. The summed E-state index contributed by atoms with van der Waals surface area (Å²) in [6.45, 7) is 1.94. The first kappa shape index (κ1) is 16.2. The summed E-state index contributed by atoms with van der Waals surface area (Å²) in [6, 6.07) is 7.69. The number of carboxylic acids is 1. The first-order valence-electron chi connectivity index (χ1n) is 7.04. The van der Waals surface area contributed by atoms with Crippen molar-refractivity contribution in [3.63, 3.8) is 0 Å². The van der Waals surface area contributed by atoms with Crippen molar-refractivity contribution in [2.75, 3.05) is 0 Å². The Labute approximate surface area is 133 Å². The molecule has 2 rings (SSSR count). The van der Waals surface area contributed by atoms with Crippen LogP contribution in [0.1, 0.15) is 35.1 Å². The number of rotatable bonds is 7. The molecule has 0 bridgehead atoms. The van der Waals surface area contributed by atoms with Gasteiger partial charge in [-0.3, -0.25) is 4.79 Å². The van der Waals surface area contributed by atoms with Crippen LogP contribution < -0.4 is 5.32 Å². The van der Waals surface area contributed by atoms with Crippen molar-refractivity contribution in [3.05, 3.63) is 52.0 Å². The van der Waals surface area contributed by atoms with Crippen molar-refractivity contribution in [1.82, 2.24) is 10.3 Å². The highest BCUT2D eigenvalue weighted by molar-refractivity contribution is 7.09. The SMILES string of the molecule is Cc1nc(CCCC(=O)N[C@@H](C(=O)O)c2ccccc2)cs1. The van der Waals surface area contributed by atoms with Crippen molar-refractivity contribution < 1.29 is 14.7 Å². The lowest BCUT2D eigenvalue weighted by Crippen LogP contribution is -2.33. The Morgan fingerprint density at radius 1 is 1.32 bits per heavy atom. The van der Waals surface area contributed by atoms with Crippen LogP contribution in [-0.2, 0) is 16.0 Å². The zero-order valence-electron chi connectivity index (χ0n) is 12.3. The fourth-order valence-electron chi connectivity index (χ4n) is 2.12. The summed E-state index contributed by atoms with van der Waals surface area (Å²) in [5.74, 6) is -1.32. The van der Waals surface area contributed by atoms with Crippen LogP contribution >= 0.6 is 11.3 Å². The third kappa shape index (κ3) is 4.66. The van der Waals surface area contributed by atoms with Crippen LogP contribution in [0.25, 0.3) is 0 Å². The number of hydrogen-bond donors (Lipinski definition) is 2. The number of carbonyl (C=O) groups excluding carboxylic acids is 1. The number of aryl methyl sites for hydroxylation is 2. The molecule has 1 amide bonds. The van der Waals surface area contributed by atoms with Gasteiger partial charge in [0, 0.05) is 11.8 Å². The van der Waals surface area contributed by atoms with Crippen molar-refractivity contribution in [2.45, 2.75) is 32.2 Å². The molecule has 116 valence electrons. The molecule has 22 heavy (non-hydrogen) atoms. The van der Waals surface area contributed by atoms with E-state index in [9.17, 15) is 14.7 Å². The summed E-state index contributed by atoms with van der Waals surface area (Å²) in [5, 5.41) is 14.8. The first-order valence-corrected chi connectivity index (χ1v) is 7.92. The van der Waals surface area contributed by atoms with Gasteiger partial charge in [0.25, 0.3) is 0 Å². The number of aromatic nitrogens is 1. The Morgan fingerprint density at radius 3 is 2.64 bits per heavy atom. The molecule has 0 aliphatic carbocycles. The summed E-state index contributed by atoms with van der Waals surface area (Å²) in [6.07, 6.45) is 1.66. The third-order valence-corrected chi connectivity index (χ3v) is 4.01. The Morgan fingerprint density at radius 2 is 2.05 bits per heavy atom. The topological polar surface area (TPSA) is 79.3 Å². The summed E-state index contributed by atoms with van der Waals surface area (Å²) >= 11 is 1.59. The highest BCUT2D eigenvalue weighted by atomic mass is 32.1. The van der Waals surface area contributed by atoms with Crippen LogP contribution in [-0.4, -0.2) is 22.0 Å². The van der Waals surface area contributed by atoms with Crippen LogP contribution in [0.2, 0.25) is 0 Å². The summed E-state index contributed by atoms with van der Waals surface area (Å²) in [7, 11) is 0. The standard InChI is InChI=1S/C16H18N2O3S/c1-11-17-13(10-22-11)8-5-9-14(19)18-15(16(20)21)12-6-3-2-4-7-12/h2-4,6-7,10,15H,5,8-9H2,1H3,(H,18,19)(H,20,21)/t15-/m1/s1. The van der Waals surface area contributed by atoms with E-state index in [0.717, 1.165) is 17.1 Å². The molecule has 1 atom stereocenters. The Kier molecular flexibility index (Phi) is 5.66. The average molecular weight is 318 g/mol. The van der Waals surface area contributed by atoms with Crippen LogP contribution in [0.3, 0.4) is 0 Å².